The lowest BCUT2D eigenvalue weighted by Crippen LogP contribution is -2.57. The zero-order chi connectivity index (χ0) is 31.1. The second kappa shape index (κ2) is 12.1. The number of rotatable bonds is 8. The van der Waals surface area contributed by atoms with Crippen molar-refractivity contribution in [3.05, 3.63) is 95.0 Å². The second-order valence-corrected chi connectivity index (χ2v) is 12.5. The minimum atomic E-state index is -4.49. The first-order valence-corrected chi connectivity index (χ1v) is 15.6. The van der Waals surface area contributed by atoms with Gasteiger partial charge in [-0.2, -0.15) is 13.2 Å². The molecule has 0 unspecified atom stereocenters. The monoisotopic (exact) mass is 620 g/mol. The fraction of sp³-hybridized carbons (Fsp3) is 0.371. The van der Waals surface area contributed by atoms with Crippen LogP contribution in [0.15, 0.2) is 78.9 Å². The van der Waals surface area contributed by atoms with E-state index < -0.39 is 24.0 Å². The van der Waals surface area contributed by atoms with Crippen molar-refractivity contribution in [2.45, 2.75) is 56.8 Å². The third-order valence-corrected chi connectivity index (χ3v) is 9.54. The quantitative estimate of drug-likeness (QED) is 0.206. The van der Waals surface area contributed by atoms with E-state index in [0.29, 0.717) is 17.9 Å². The summed E-state index contributed by atoms with van der Waals surface area (Å²) in [4.78, 5) is 23.5. The van der Waals surface area contributed by atoms with E-state index in [1.54, 1.807) is 0 Å². The van der Waals surface area contributed by atoms with Crippen LogP contribution in [0.1, 0.15) is 44.2 Å². The van der Waals surface area contributed by atoms with Gasteiger partial charge in [0.1, 0.15) is 17.8 Å². The Morgan fingerprint density at radius 1 is 0.909 bits per heavy atom. The summed E-state index contributed by atoms with van der Waals surface area (Å²) in [7, 11) is 0. The van der Waals surface area contributed by atoms with Gasteiger partial charge in [0.2, 0.25) is 5.91 Å². The Hall–Kier alpha value is -3.62. The number of piperazine rings is 1. The third kappa shape index (κ3) is 5.66. The molecule has 1 N–H and O–H groups in total. The number of pyridine rings is 1. The molecule has 1 fully saturated rings. The molecule has 230 valence electrons. The van der Waals surface area contributed by atoms with Crippen molar-refractivity contribution in [1.82, 2.24) is 15.2 Å². The molecule has 1 aliphatic carbocycles. The third-order valence-electron chi connectivity index (χ3n) is 9.21. The molecule has 44 heavy (non-hydrogen) atoms. The Balaban J connectivity index is 1.16. The Kier molecular flexibility index (Phi) is 8.33. The maximum absolute atomic E-state index is 13.8. The summed E-state index contributed by atoms with van der Waals surface area (Å²) < 4.78 is 39.6. The van der Waals surface area contributed by atoms with Gasteiger partial charge in [-0.3, -0.25) is 9.69 Å². The molecule has 3 aromatic carbocycles. The van der Waals surface area contributed by atoms with Crippen molar-refractivity contribution in [2.75, 3.05) is 31.1 Å². The molecule has 5 nitrogen and oxygen atoms in total. The van der Waals surface area contributed by atoms with Crippen LogP contribution in [0.3, 0.4) is 0 Å². The largest absolute Gasteiger partial charge is 0.405 e. The molecule has 0 spiro atoms. The smallest absolute Gasteiger partial charge is 0.353 e. The molecule has 2 atom stereocenters. The molecular formula is C35H36ClF3N4O. The number of anilines is 1. The molecule has 1 aromatic heterocycles. The minimum Gasteiger partial charge on any atom is -0.353 e. The highest BCUT2D eigenvalue weighted by molar-refractivity contribution is 6.35. The van der Waals surface area contributed by atoms with Gasteiger partial charge in [0.05, 0.1) is 5.52 Å². The molecule has 0 saturated carbocycles. The molecule has 0 bridgehead atoms. The first-order valence-electron chi connectivity index (χ1n) is 15.2. The fourth-order valence-corrected chi connectivity index (χ4v) is 7.47. The van der Waals surface area contributed by atoms with Crippen LogP contribution in [0.4, 0.5) is 19.0 Å². The number of fused-ring (bicyclic) bond motifs is 4. The summed E-state index contributed by atoms with van der Waals surface area (Å²) in [6.45, 7) is 5.57. The van der Waals surface area contributed by atoms with E-state index >= 15 is 0 Å². The van der Waals surface area contributed by atoms with E-state index in [2.05, 4.69) is 29.0 Å². The number of hydrogen-bond acceptors (Lipinski definition) is 4. The van der Waals surface area contributed by atoms with Gasteiger partial charge in [0, 0.05) is 35.6 Å². The Morgan fingerprint density at radius 2 is 1.55 bits per heavy atom. The van der Waals surface area contributed by atoms with E-state index in [1.807, 2.05) is 78.9 Å². The molecule has 2 heterocycles. The van der Waals surface area contributed by atoms with Crippen LogP contribution in [0.2, 0.25) is 5.02 Å². The van der Waals surface area contributed by atoms with Crippen LogP contribution in [-0.2, 0) is 10.2 Å². The average molecular weight is 621 g/mol. The van der Waals surface area contributed by atoms with Crippen LogP contribution >= 0.6 is 11.6 Å². The summed E-state index contributed by atoms with van der Waals surface area (Å²) in [5, 5.41) is 3.86. The lowest BCUT2D eigenvalue weighted by atomic mass is 9.73. The average Bonchev–Trinajstić information content (AvgIpc) is 3.29. The summed E-state index contributed by atoms with van der Waals surface area (Å²) >= 11 is 6.34. The topological polar surface area (TPSA) is 48.5 Å². The first kappa shape index (κ1) is 30.4. The number of benzene rings is 3. The van der Waals surface area contributed by atoms with Gasteiger partial charge in [0.25, 0.3) is 0 Å². The fourth-order valence-electron chi connectivity index (χ4n) is 7.24. The number of hydrogen-bond donors (Lipinski definition) is 1. The Bertz CT molecular complexity index is 1620. The molecular weight excluding hydrogens is 585 g/mol. The van der Waals surface area contributed by atoms with Crippen LogP contribution in [0.25, 0.3) is 22.0 Å². The van der Waals surface area contributed by atoms with Gasteiger partial charge in [-0.05, 0) is 79.8 Å². The van der Waals surface area contributed by atoms with Gasteiger partial charge in [0.15, 0.2) is 0 Å². The van der Waals surface area contributed by atoms with Crippen molar-refractivity contribution in [1.29, 1.82) is 0 Å². The first-order chi connectivity index (χ1) is 21.1. The predicted molar refractivity (Wildman–Crippen MR) is 170 cm³/mol. The van der Waals surface area contributed by atoms with Crippen LogP contribution in [-0.4, -0.2) is 60.2 Å². The number of halogens is 4. The number of amides is 1. The van der Waals surface area contributed by atoms with Crippen molar-refractivity contribution in [3.63, 3.8) is 0 Å². The lowest BCUT2D eigenvalue weighted by Gasteiger charge is -2.45. The molecule has 1 aliphatic heterocycles. The summed E-state index contributed by atoms with van der Waals surface area (Å²) in [6.07, 6.45) is -2.55. The van der Waals surface area contributed by atoms with Crippen molar-refractivity contribution < 1.29 is 18.0 Å². The molecule has 1 saturated heterocycles. The van der Waals surface area contributed by atoms with Gasteiger partial charge in [-0.15, -0.1) is 0 Å². The summed E-state index contributed by atoms with van der Waals surface area (Å²) in [5.41, 5.74) is 3.09. The number of aromatic nitrogens is 1. The Labute approximate surface area is 261 Å². The minimum absolute atomic E-state index is 0.271. The number of carbonyl (C=O) groups is 1. The van der Waals surface area contributed by atoms with Crippen molar-refractivity contribution >= 4 is 34.2 Å². The summed E-state index contributed by atoms with van der Waals surface area (Å²) in [6, 6.07) is 25.6. The van der Waals surface area contributed by atoms with Crippen LogP contribution in [0, 0.1) is 0 Å². The van der Waals surface area contributed by atoms with E-state index in [9.17, 15) is 18.0 Å². The lowest BCUT2D eigenvalue weighted by molar-refractivity contribution is -0.141. The van der Waals surface area contributed by atoms with Gasteiger partial charge >= 0.3 is 6.18 Å². The highest BCUT2D eigenvalue weighted by atomic mass is 35.5. The molecule has 4 aromatic rings. The maximum Gasteiger partial charge on any atom is 0.405 e. The number of nitrogens with one attached hydrogen (secondary N) is 1. The van der Waals surface area contributed by atoms with Crippen LogP contribution < -0.4 is 10.2 Å². The zero-order valence-corrected chi connectivity index (χ0v) is 25.6. The van der Waals surface area contributed by atoms with E-state index in [-0.39, 0.29) is 12.1 Å². The number of alkyl halides is 3. The number of nitrogens with zero attached hydrogens (tertiary/aromatic N) is 3. The van der Waals surface area contributed by atoms with E-state index in [1.165, 1.54) is 0 Å². The maximum atomic E-state index is 13.8. The summed E-state index contributed by atoms with van der Waals surface area (Å²) in [5.74, 6) is 0.343. The van der Waals surface area contributed by atoms with Crippen molar-refractivity contribution in [2.24, 2.45) is 0 Å². The standard InChI is InChI=1S/C35H36ClF3N4O/c1-23-20-42(32-17-16-27-30(36)14-9-15-31(27)41-32)21-24(2)43(23)19-8-7-18-34(33(44)40-22-35(37,38)39)28-12-5-3-10-25(28)26-11-4-6-13-29(26)34/h3-6,9-17,23-24H,7-8,18-22H2,1-2H3,(H,40,44)/t23-,24+. The normalized spacial score (nSPS) is 19.5. The molecule has 1 amide bonds. The Morgan fingerprint density at radius 3 is 2.18 bits per heavy atom. The molecule has 0 radical (unpaired) electrons. The molecule has 2 aliphatic rings. The molecule has 6 rings (SSSR count). The van der Waals surface area contributed by atoms with Gasteiger partial charge in [-0.25, -0.2) is 4.98 Å². The van der Waals surface area contributed by atoms with Gasteiger partial charge in [-0.1, -0.05) is 72.6 Å². The highest BCUT2D eigenvalue weighted by Crippen LogP contribution is 2.51. The van der Waals surface area contributed by atoms with Crippen molar-refractivity contribution in [3.8, 4) is 11.1 Å². The number of carbonyl (C=O) groups excluding carboxylic acids is 1. The SMILES string of the molecule is C[C@@H]1CN(c2ccc3c(Cl)cccc3n2)C[C@H](C)N1CCCCC1(C(=O)NCC(F)(F)F)c2ccccc2-c2ccccc21. The van der Waals surface area contributed by atoms with E-state index in [4.69, 9.17) is 16.6 Å². The van der Waals surface area contributed by atoms with Gasteiger partial charge < -0.3 is 10.2 Å². The number of unbranched alkanes of at least 4 members (excludes halogenated alkanes) is 1. The highest BCUT2D eigenvalue weighted by Gasteiger charge is 2.49. The van der Waals surface area contributed by atoms with Crippen LogP contribution in [0.5, 0.6) is 0 Å². The zero-order valence-electron chi connectivity index (χ0n) is 24.9. The second-order valence-electron chi connectivity index (χ2n) is 12.1. The van der Waals surface area contributed by atoms with E-state index in [0.717, 1.165) is 65.0 Å². The predicted octanol–water partition coefficient (Wildman–Crippen LogP) is 7.60. The molecule has 9 heteroatoms.